The molecule has 0 amide bonds. The Hall–Kier alpha value is -0.870. The van der Waals surface area contributed by atoms with Crippen molar-refractivity contribution in [2.24, 2.45) is 11.7 Å². The van der Waals surface area contributed by atoms with Crippen LogP contribution in [0.3, 0.4) is 0 Å². The van der Waals surface area contributed by atoms with Crippen LogP contribution in [0.4, 0.5) is 0 Å². The smallest absolute Gasteiger partial charge is 0.110 e. The Morgan fingerprint density at radius 1 is 1.41 bits per heavy atom. The van der Waals surface area contributed by atoms with Gasteiger partial charge in [0.05, 0.1) is 11.9 Å². The zero-order valence-corrected chi connectivity index (χ0v) is 10.3. The van der Waals surface area contributed by atoms with Gasteiger partial charge in [-0.05, 0) is 38.0 Å². The van der Waals surface area contributed by atoms with Gasteiger partial charge in [0, 0.05) is 25.8 Å². The summed E-state index contributed by atoms with van der Waals surface area (Å²) >= 11 is 0. The molecule has 2 aliphatic heterocycles. The predicted molar refractivity (Wildman–Crippen MR) is 65.6 cm³/mol. The van der Waals surface area contributed by atoms with Crippen LogP contribution in [0.15, 0.2) is 6.20 Å². The maximum Gasteiger partial charge on any atom is 0.110 e. The maximum absolute atomic E-state index is 6.09. The molecule has 2 N–H and O–H groups in total. The van der Waals surface area contributed by atoms with E-state index in [9.17, 15) is 0 Å². The van der Waals surface area contributed by atoms with Gasteiger partial charge in [-0.15, -0.1) is 0 Å². The molecule has 4 nitrogen and oxygen atoms in total. The largest absolute Gasteiger partial charge is 0.381 e. The van der Waals surface area contributed by atoms with Crippen LogP contribution < -0.4 is 5.73 Å². The molecular formula is C13H21N3O. The van der Waals surface area contributed by atoms with Gasteiger partial charge in [-0.3, -0.25) is 0 Å². The molecule has 2 unspecified atom stereocenters. The lowest BCUT2D eigenvalue weighted by Crippen LogP contribution is -2.24. The Morgan fingerprint density at radius 3 is 3.12 bits per heavy atom. The van der Waals surface area contributed by atoms with Crippen LogP contribution in [0.5, 0.6) is 0 Å². The number of imidazole rings is 1. The maximum atomic E-state index is 6.09. The highest BCUT2D eigenvalue weighted by atomic mass is 16.5. The summed E-state index contributed by atoms with van der Waals surface area (Å²) in [6, 6.07) is 0. The number of aromatic nitrogens is 2. The molecule has 0 spiro atoms. The summed E-state index contributed by atoms with van der Waals surface area (Å²) in [5, 5.41) is 0. The molecule has 1 aromatic rings. The zero-order valence-electron chi connectivity index (χ0n) is 10.3. The monoisotopic (exact) mass is 235 g/mol. The van der Waals surface area contributed by atoms with Gasteiger partial charge in [0.1, 0.15) is 5.82 Å². The molecule has 0 bridgehead atoms. The minimum atomic E-state index is 0.141. The summed E-state index contributed by atoms with van der Waals surface area (Å²) in [5.74, 6) is 1.83. The van der Waals surface area contributed by atoms with Crippen molar-refractivity contribution in [1.29, 1.82) is 0 Å². The molecule has 3 heterocycles. The molecule has 1 saturated heterocycles. The van der Waals surface area contributed by atoms with E-state index < -0.39 is 0 Å². The van der Waals surface area contributed by atoms with E-state index in [0.29, 0.717) is 5.92 Å². The van der Waals surface area contributed by atoms with E-state index in [2.05, 4.69) is 10.8 Å². The molecule has 4 heteroatoms. The first-order valence-electron chi connectivity index (χ1n) is 6.73. The lowest BCUT2D eigenvalue weighted by molar-refractivity contribution is 0.0547. The van der Waals surface area contributed by atoms with E-state index in [-0.39, 0.29) is 6.17 Å². The Labute approximate surface area is 102 Å². The van der Waals surface area contributed by atoms with Crippen molar-refractivity contribution in [3.05, 3.63) is 17.7 Å². The topological polar surface area (TPSA) is 53.1 Å². The first-order chi connectivity index (χ1) is 8.33. The van der Waals surface area contributed by atoms with E-state index in [0.717, 1.165) is 32.5 Å². The van der Waals surface area contributed by atoms with Gasteiger partial charge in [0.2, 0.25) is 0 Å². The second kappa shape index (κ2) is 4.78. The quantitative estimate of drug-likeness (QED) is 0.848. The predicted octanol–water partition coefficient (Wildman–Crippen LogP) is 1.65. The zero-order chi connectivity index (χ0) is 11.7. The normalized spacial score (nSPS) is 29.0. The Balaban J connectivity index is 1.71. The average Bonchev–Trinajstić information content (AvgIpc) is 2.74. The van der Waals surface area contributed by atoms with Crippen molar-refractivity contribution in [1.82, 2.24) is 9.55 Å². The number of ether oxygens (including phenoxy) is 1. The fourth-order valence-electron chi connectivity index (χ4n) is 2.93. The first kappa shape index (κ1) is 11.2. The van der Waals surface area contributed by atoms with Gasteiger partial charge in [0.15, 0.2) is 0 Å². The van der Waals surface area contributed by atoms with Crippen LogP contribution in [0.2, 0.25) is 0 Å². The van der Waals surface area contributed by atoms with E-state index in [4.69, 9.17) is 15.5 Å². The van der Waals surface area contributed by atoms with E-state index in [1.807, 2.05) is 0 Å². The molecule has 2 aliphatic rings. The van der Waals surface area contributed by atoms with Crippen LogP contribution in [-0.4, -0.2) is 22.8 Å². The number of hydrogen-bond acceptors (Lipinski definition) is 3. The van der Waals surface area contributed by atoms with Crippen LogP contribution in [0.1, 0.15) is 43.4 Å². The number of aryl methyl sites for hydroxylation is 1. The van der Waals surface area contributed by atoms with Crippen molar-refractivity contribution in [2.45, 2.75) is 44.7 Å². The Bertz CT molecular complexity index is 382. The summed E-state index contributed by atoms with van der Waals surface area (Å²) in [5.41, 5.74) is 7.29. The summed E-state index contributed by atoms with van der Waals surface area (Å²) < 4.78 is 7.69. The minimum absolute atomic E-state index is 0.141. The number of fused-ring (bicyclic) bond motifs is 1. The molecule has 0 saturated carbocycles. The second-order valence-corrected chi connectivity index (χ2v) is 5.30. The van der Waals surface area contributed by atoms with Crippen molar-refractivity contribution < 1.29 is 4.74 Å². The van der Waals surface area contributed by atoms with Gasteiger partial charge in [-0.25, -0.2) is 4.98 Å². The lowest BCUT2D eigenvalue weighted by Gasteiger charge is -2.21. The highest BCUT2D eigenvalue weighted by Crippen LogP contribution is 2.23. The van der Waals surface area contributed by atoms with Crippen LogP contribution >= 0.6 is 0 Å². The summed E-state index contributed by atoms with van der Waals surface area (Å²) in [6.45, 7) is 1.83. The van der Waals surface area contributed by atoms with Crippen LogP contribution in [0, 0.1) is 5.92 Å². The van der Waals surface area contributed by atoms with Gasteiger partial charge >= 0.3 is 0 Å². The highest BCUT2D eigenvalue weighted by molar-refractivity contribution is 5.08. The van der Waals surface area contributed by atoms with Crippen molar-refractivity contribution in [2.75, 3.05) is 13.2 Å². The standard InChI is InChI=1S/C13H21N3O/c14-12-4-1-5-13-15-11(8-16(12)13)7-10-3-2-6-17-9-10/h8,10,12H,1-7,9,14H2. The summed E-state index contributed by atoms with van der Waals surface area (Å²) in [7, 11) is 0. The third-order valence-corrected chi connectivity index (χ3v) is 3.87. The second-order valence-electron chi connectivity index (χ2n) is 5.30. The minimum Gasteiger partial charge on any atom is -0.381 e. The number of nitrogens with two attached hydrogens (primary N) is 1. The Kier molecular flexibility index (Phi) is 3.16. The first-order valence-corrected chi connectivity index (χ1v) is 6.73. The number of rotatable bonds is 2. The molecule has 2 atom stereocenters. The van der Waals surface area contributed by atoms with Gasteiger partial charge in [0.25, 0.3) is 0 Å². The van der Waals surface area contributed by atoms with Gasteiger partial charge < -0.3 is 15.0 Å². The third kappa shape index (κ3) is 2.38. The molecule has 3 rings (SSSR count). The van der Waals surface area contributed by atoms with Crippen LogP contribution in [-0.2, 0) is 17.6 Å². The molecule has 94 valence electrons. The highest BCUT2D eigenvalue weighted by Gasteiger charge is 2.21. The van der Waals surface area contributed by atoms with E-state index >= 15 is 0 Å². The summed E-state index contributed by atoms with van der Waals surface area (Å²) in [4.78, 5) is 4.72. The SMILES string of the molecule is NC1CCCc2nc(CC3CCCOC3)cn21. The summed E-state index contributed by atoms with van der Waals surface area (Å²) in [6.07, 6.45) is 9.14. The molecule has 17 heavy (non-hydrogen) atoms. The lowest BCUT2D eigenvalue weighted by atomic mass is 9.97. The van der Waals surface area contributed by atoms with Crippen molar-refractivity contribution in [3.63, 3.8) is 0 Å². The molecule has 0 radical (unpaired) electrons. The fraction of sp³-hybridized carbons (Fsp3) is 0.769. The third-order valence-electron chi connectivity index (χ3n) is 3.87. The molecule has 0 aliphatic carbocycles. The van der Waals surface area contributed by atoms with E-state index in [1.54, 1.807) is 0 Å². The molecule has 0 aromatic carbocycles. The number of nitrogens with zero attached hydrogens (tertiary/aromatic N) is 2. The average molecular weight is 235 g/mol. The van der Waals surface area contributed by atoms with Gasteiger partial charge in [-0.2, -0.15) is 0 Å². The van der Waals surface area contributed by atoms with Crippen molar-refractivity contribution >= 4 is 0 Å². The van der Waals surface area contributed by atoms with Crippen molar-refractivity contribution in [3.8, 4) is 0 Å². The molecular weight excluding hydrogens is 214 g/mol. The van der Waals surface area contributed by atoms with E-state index in [1.165, 1.54) is 30.8 Å². The van der Waals surface area contributed by atoms with Gasteiger partial charge in [-0.1, -0.05) is 0 Å². The molecule has 1 fully saturated rings. The fourth-order valence-corrected chi connectivity index (χ4v) is 2.93. The number of hydrogen-bond donors (Lipinski definition) is 1. The Morgan fingerprint density at radius 2 is 2.35 bits per heavy atom. The van der Waals surface area contributed by atoms with Crippen LogP contribution in [0.25, 0.3) is 0 Å². The molecule has 1 aromatic heterocycles.